The van der Waals surface area contributed by atoms with Crippen molar-refractivity contribution in [3.63, 3.8) is 0 Å². The van der Waals surface area contributed by atoms with Crippen molar-refractivity contribution >= 4 is 21.8 Å². The summed E-state index contributed by atoms with van der Waals surface area (Å²) in [7, 11) is -3.46. The first-order chi connectivity index (χ1) is 11.2. The highest BCUT2D eigenvalue weighted by Crippen LogP contribution is 2.24. The molecule has 2 fully saturated rings. The van der Waals surface area contributed by atoms with Gasteiger partial charge in [0.15, 0.2) is 0 Å². The Hall–Kier alpha value is -0.670. The Morgan fingerprint density at radius 1 is 1.22 bits per heavy atom. The van der Waals surface area contributed by atoms with Crippen molar-refractivity contribution in [2.24, 2.45) is 0 Å². The second-order valence-electron chi connectivity index (χ2n) is 5.65. The fourth-order valence-electron chi connectivity index (χ4n) is 2.66. The minimum atomic E-state index is -3.46. The summed E-state index contributed by atoms with van der Waals surface area (Å²) < 4.78 is 37.4. The van der Waals surface area contributed by atoms with Crippen molar-refractivity contribution in [2.75, 3.05) is 38.7 Å². The highest BCUT2D eigenvalue weighted by Gasteiger charge is 2.26. The van der Waals surface area contributed by atoms with E-state index in [9.17, 15) is 8.42 Å². The molecule has 0 radical (unpaired) electrons. The fraction of sp³-hybridized carbons (Fsp3) is 0.667. The molecule has 6 nitrogen and oxygen atoms in total. The predicted molar refractivity (Wildman–Crippen MR) is 88.1 cm³/mol. The molecule has 2 aliphatic rings. The van der Waals surface area contributed by atoms with Gasteiger partial charge >= 0.3 is 0 Å². The molecule has 0 amide bonds. The lowest BCUT2D eigenvalue weighted by molar-refractivity contribution is 0.0315. The van der Waals surface area contributed by atoms with Crippen LogP contribution in [-0.4, -0.2) is 62.5 Å². The number of ether oxygens (including phenoxy) is 2. The molecule has 1 aromatic rings. The van der Waals surface area contributed by atoms with Gasteiger partial charge in [-0.05, 0) is 31.4 Å². The smallest absolute Gasteiger partial charge is 0.244 e. The maximum absolute atomic E-state index is 12.5. The molecule has 0 aliphatic carbocycles. The van der Waals surface area contributed by atoms with Crippen molar-refractivity contribution in [2.45, 2.75) is 35.3 Å². The summed E-state index contributed by atoms with van der Waals surface area (Å²) in [6.45, 7) is 2.54. The number of nitrogens with zero attached hydrogens (tertiary/aromatic N) is 2. The van der Waals surface area contributed by atoms with Crippen LogP contribution in [0.15, 0.2) is 28.3 Å². The maximum atomic E-state index is 12.5. The summed E-state index contributed by atoms with van der Waals surface area (Å²) in [6.07, 6.45) is 5.20. The van der Waals surface area contributed by atoms with E-state index in [-0.39, 0.29) is 11.0 Å². The van der Waals surface area contributed by atoms with E-state index in [4.69, 9.17) is 9.47 Å². The number of hydrogen-bond donors (Lipinski definition) is 0. The standard InChI is InChI=1S/C15H22N2O4S2/c18-23(19,17-6-9-20-10-7-17)14-4-5-15(16-11-14)22-12-13-3-1-2-8-21-13/h4-5,11,13H,1-3,6-10,12H2. The van der Waals surface area contributed by atoms with Gasteiger partial charge < -0.3 is 9.47 Å². The van der Waals surface area contributed by atoms with Gasteiger partial charge in [-0.25, -0.2) is 13.4 Å². The van der Waals surface area contributed by atoms with E-state index < -0.39 is 10.0 Å². The largest absolute Gasteiger partial charge is 0.379 e. The number of hydrogen-bond acceptors (Lipinski definition) is 6. The number of morpholine rings is 1. The van der Waals surface area contributed by atoms with Crippen LogP contribution in [0.2, 0.25) is 0 Å². The maximum Gasteiger partial charge on any atom is 0.244 e. The molecule has 2 aliphatic heterocycles. The molecule has 0 N–H and O–H groups in total. The fourth-order valence-corrected chi connectivity index (χ4v) is 4.92. The van der Waals surface area contributed by atoms with Crippen molar-refractivity contribution in [3.05, 3.63) is 18.3 Å². The van der Waals surface area contributed by atoms with Gasteiger partial charge in [-0.15, -0.1) is 11.8 Å². The second kappa shape index (κ2) is 7.94. The first kappa shape index (κ1) is 17.2. The summed E-state index contributed by atoms with van der Waals surface area (Å²) in [5.41, 5.74) is 0. The normalized spacial score (nSPS) is 23.7. The Morgan fingerprint density at radius 2 is 2.04 bits per heavy atom. The molecule has 23 heavy (non-hydrogen) atoms. The molecule has 3 heterocycles. The van der Waals surface area contributed by atoms with E-state index in [2.05, 4.69) is 4.98 Å². The monoisotopic (exact) mass is 358 g/mol. The molecule has 0 aromatic carbocycles. The minimum absolute atomic E-state index is 0.248. The first-order valence-electron chi connectivity index (χ1n) is 7.94. The quantitative estimate of drug-likeness (QED) is 0.747. The third kappa shape index (κ3) is 4.45. The Bertz CT molecular complexity index is 594. The highest BCUT2D eigenvalue weighted by atomic mass is 32.2. The first-order valence-corrected chi connectivity index (χ1v) is 10.4. The van der Waals surface area contributed by atoms with E-state index >= 15 is 0 Å². The summed E-state index contributed by atoms with van der Waals surface area (Å²) in [5, 5.41) is 0.833. The molecule has 2 saturated heterocycles. The zero-order valence-electron chi connectivity index (χ0n) is 13.0. The van der Waals surface area contributed by atoms with Crippen LogP contribution in [0.5, 0.6) is 0 Å². The zero-order valence-corrected chi connectivity index (χ0v) is 14.7. The van der Waals surface area contributed by atoms with Crippen molar-refractivity contribution in [1.82, 2.24) is 9.29 Å². The minimum Gasteiger partial charge on any atom is -0.379 e. The molecule has 0 spiro atoms. The number of sulfonamides is 1. The van der Waals surface area contributed by atoms with Gasteiger partial charge in [0.05, 0.1) is 24.3 Å². The van der Waals surface area contributed by atoms with Crippen LogP contribution in [0.1, 0.15) is 19.3 Å². The van der Waals surface area contributed by atoms with Crippen molar-refractivity contribution in [3.8, 4) is 0 Å². The Labute approximate surface area is 141 Å². The van der Waals surface area contributed by atoms with Gasteiger partial charge in [0.2, 0.25) is 10.0 Å². The van der Waals surface area contributed by atoms with Gasteiger partial charge in [0, 0.05) is 31.6 Å². The van der Waals surface area contributed by atoms with Crippen LogP contribution in [0.25, 0.3) is 0 Å². The Kier molecular flexibility index (Phi) is 5.92. The van der Waals surface area contributed by atoms with Gasteiger partial charge in [0.25, 0.3) is 0 Å². The van der Waals surface area contributed by atoms with Crippen LogP contribution in [0.3, 0.4) is 0 Å². The van der Waals surface area contributed by atoms with Crippen LogP contribution < -0.4 is 0 Å². The second-order valence-corrected chi connectivity index (χ2v) is 8.63. The number of thioether (sulfide) groups is 1. The number of pyridine rings is 1. The van der Waals surface area contributed by atoms with Crippen molar-refractivity contribution in [1.29, 1.82) is 0 Å². The average Bonchev–Trinajstić information content (AvgIpc) is 2.62. The third-order valence-corrected chi connectivity index (χ3v) is 6.97. The molecule has 0 saturated carbocycles. The molecule has 3 rings (SSSR count). The summed E-state index contributed by atoms with van der Waals surface area (Å²) in [4.78, 5) is 4.54. The molecule has 0 bridgehead atoms. The van der Waals surface area contributed by atoms with Gasteiger partial charge in [-0.3, -0.25) is 0 Å². The van der Waals surface area contributed by atoms with E-state index in [1.54, 1.807) is 23.9 Å². The molecule has 1 unspecified atom stereocenters. The molecule has 128 valence electrons. The summed E-state index contributed by atoms with van der Waals surface area (Å²) in [6, 6.07) is 3.42. The molecule has 1 atom stereocenters. The summed E-state index contributed by atoms with van der Waals surface area (Å²) in [5.74, 6) is 0.864. The summed E-state index contributed by atoms with van der Waals surface area (Å²) >= 11 is 1.62. The molecular formula is C15H22N2O4S2. The lowest BCUT2D eigenvalue weighted by Gasteiger charge is -2.25. The zero-order chi connectivity index (χ0) is 16.1. The van der Waals surface area contributed by atoms with Gasteiger partial charge in [-0.1, -0.05) is 0 Å². The van der Waals surface area contributed by atoms with Crippen LogP contribution in [0, 0.1) is 0 Å². The van der Waals surface area contributed by atoms with E-state index in [1.165, 1.54) is 16.9 Å². The lowest BCUT2D eigenvalue weighted by Crippen LogP contribution is -2.40. The van der Waals surface area contributed by atoms with Gasteiger partial charge in [0.1, 0.15) is 4.90 Å². The topological polar surface area (TPSA) is 68.7 Å². The number of aromatic nitrogens is 1. The van der Waals surface area contributed by atoms with Crippen LogP contribution in [-0.2, 0) is 19.5 Å². The third-order valence-electron chi connectivity index (χ3n) is 4.01. The average molecular weight is 358 g/mol. The van der Waals surface area contributed by atoms with E-state index in [0.29, 0.717) is 26.3 Å². The van der Waals surface area contributed by atoms with Crippen LogP contribution in [0.4, 0.5) is 0 Å². The lowest BCUT2D eigenvalue weighted by atomic mass is 10.1. The Morgan fingerprint density at radius 3 is 2.70 bits per heavy atom. The molecule has 1 aromatic heterocycles. The van der Waals surface area contributed by atoms with Crippen LogP contribution >= 0.6 is 11.8 Å². The SMILES string of the molecule is O=S(=O)(c1ccc(SCC2CCCCO2)nc1)N1CCOCC1. The van der Waals surface area contributed by atoms with Crippen molar-refractivity contribution < 1.29 is 17.9 Å². The van der Waals surface area contributed by atoms with E-state index in [0.717, 1.165) is 30.2 Å². The molecular weight excluding hydrogens is 336 g/mol. The Balaban J connectivity index is 1.59. The predicted octanol–water partition coefficient (Wildman–Crippen LogP) is 1.76. The highest BCUT2D eigenvalue weighted by molar-refractivity contribution is 7.99. The molecule has 8 heteroatoms. The van der Waals surface area contributed by atoms with Gasteiger partial charge in [-0.2, -0.15) is 4.31 Å². The number of rotatable bonds is 5. The van der Waals surface area contributed by atoms with E-state index in [1.807, 2.05) is 0 Å².